The first-order valence-electron chi connectivity index (χ1n) is 8.38. The third-order valence-corrected chi connectivity index (χ3v) is 4.05. The second-order valence-electron chi connectivity index (χ2n) is 6.13. The summed E-state index contributed by atoms with van der Waals surface area (Å²) in [6.45, 7) is 7.00. The Kier molecular flexibility index (Phi) is 9.87. The topological polar surface area (TPSA) is 61.4 Å². The van der Waals surface area contributed by atoms with E-state index < -0.39 is 0 Å². The van der Waals surface area contributed by atoms with Gasteiger partial charge < -0.3 is 15.5 Å². The van der Waals surface area contributed by atoms with Crippen LogP contribution in [0.5, 0.6) is 0 Å². The molecule has 1 unspecified atom stereocenters. The van der Waals surface area contributed by atoms with Crippen LogP contribution < -0.4 is 10.6 Å². The summed E-state index contributed by atoms with van der Waals surface area (Å²) in [4.78, 5) is 24.2. The minimum atomic E-state index is 0.177. The molecule has 5 nitrogen and oxygen atoms in total. The summed E-state index contributed by atoms with van der Waals surface area (Å²) in [5, 5.41) is 5.65. The molecule has 122 valence electrons. The molecule has 1 aliphatic heterocycles. The molecule has 0 aliphatic carbocycles. The molecule has 1 aliphatic rings. The lowest BCUT2D eigenvalue weighted by molar-refractivity contribution is -0.121. The number of hydrogen-bond donors (Lipinski definition) is 2. The summed E-state index contributed by atoms with van der Waals surface area (Å²) in [6, 6.07) is 0. The molecule has 1 atom stereocenters. The smallest absolute Gasteiger partial charge is 0.221 e. The molecule has 0 aromatic heterocycles. The number of unbranched alkanes of at least 4 members (excludes halogenated alkanes) is 3. The zero-order valence-corrected chi connectivity index (χ0v) is 13.4. The van der Waals surface area contributed by atoms with Gasteiger partial charge in [-0.05, 0) is 38.1 Å². The largest absolute Gasteiger partial charge is 0.359 e. The SMILES string of the molecule is CC1CCCN(CCC(=O)NCCCCCCNC=O)C1. The Labute approximate surface area is 128 Å². The van der Waals surface area contributed by atoms with Crippen molar-refractivity contribution >= 4 is 12.3 Å². The van der Waals surface area contributed by atoms with Crippen LogP contribution in [0.4, 0.5) is 0 Å². The summed E-state index contributed by atoms with van der Waals surface area (Å²) >= 11 is 0. The van der Waals surface area contributed by atoms with Gasteiger partial charge in [-0.3, -0.25) is 9.59 Å². The van der Waals surface area contributed by atoms with E-state index in [0.29, 0.717) is 6.42 Å². The zero-order valence-electron chi connectivity index (χ0n) is 13.4. The summed E-state index contributed by atoms with van der Waals surface area (Å²) in [5.74, 6) is 0.950. The molecule has 0 bridgehead atoms. The molecule has 0 aromatic carbocycles. The first-order chi connectivity index (χ1) is 10.2. The second kappa shape index (κ2) is 11.5. The molecule has 5 heteroatoms. The number of piperidine rings is 1. The maximum Gasteiger partial charge on any atom is 0.221 e. The maximum atomic E-state index is 11.8. The fourth-order valence-corrected chi connectivity index (χ4v) is 2.83. The molecule has 2 amide bonds. The number of carbonyl (C=O) groups excluding carboxylic acids is 2. The van der Waals surface area contributed by atoms with E-state index in [2.05, 4.69) is 22.5 Å². The molecule has 1 rings (SSSR count). The zero-order chi connectivity index (χ0) is 15.3. The van der Waals surface area contributed by atoms with Gasteiger partial charge in [0.15, 0.2) is 0 Å². The minimum Gasteiger partial charge on any atom is -0.359 e. The van der Waals surface area contributed by atoms with Crippen LogP contribution in [-0.4, -0.2) is 49.9 Å². The van der Waals surface area contributed by atoms with Crippen molar-refractivity contribution in [3.8, 4) is 0 Å². The van der Waals surface area contributed by atoms with E-state index in [1.54, 1.807) is 0 Å². The van der Waals surface area contributed by atoms with Gasteiger partial charge in [-0.15, -0.1) is 0 Å². The van der Waals surface area contributed by atoms with E-state index in [0.717, 1.165) is 70.7 Å². The second-order valence-corrected chi connectivity index (χ2v) is 6.13. The average Bonchev–Trinajstić information content (AvgIpc) is 2.48. The number of nitrogens with zero attached hydrogens (tertiary/aromatic N) is 1. The van der Waals surface area contributed by atoms with Crippen LogP contribution in [0.25, 0.3) is 0 Å². The summed E-state index contributed by atoms with van der Waals surface area (Å²) in [6.07, 6.45) is 8.19. The number of hydrogen-bond acceptors (Lipinski definition) is 3. The van der Waals surface area contributed by atoms with Gasteiger partial charge in [0.2, 0.25) is 12.3 Å². The lowest BCUT2D eigenvalue weighted by Crippen LogP contribution is -2.37. The number of amides is 2. The van der Waals surface area contributed by atoms with Crippen LogP contribution in [0.3, 0.4) is 0 Å². The molecular formula is C16H31N3O2. The van der Waals surface area contributed by atoms with Gasteiger partial charge in [-0.2, -0.15) is 0 Å². The van der Waals surface area contributed by atoms with Gasteiger partial charge in [-0.1, -0.05) is 19.8 Å². The molecule has 1 fully saturated rings. The van der Waals surface area contributed by atoms with Crippen molar-refractivity contribution in [1.82, 2.24) is 15.5 Å². The Morgan fingerprint density at radius 3 is 2.71 bits per heavy atom. The van der Waals surface area contributed by atoms with Gasteiger partial charge >= 0.3 is 0 Å². The van der Waals surface area contributed by atoms with Crippen molar-refractivity contribution in [1.29, 1.82) is 0 Å². The number of nitrogens with one attached hydrogen (secondary N) is 2. The highest BCUT2D eigenvalue weighted by Crippen LogP contribution is 2.15. The van der Waals surface area contributed by atoms with E-state index in [1.807, 2.05) is 0 Å². The van der Waals surface area contributed by atoms with Crippen LogP contribution in [-0.2, 0) is 9.59 Å². The minimum absolute atomic E-state index is 0.177. The van der Waals surface area contributed by atoms with E-state index >= 15 is 0 Å². The predicted octanol–water partition coefficient (Wildman–Crippen LogP) is 1.53. The van der Waals surface area contributed by atoms with Gasteiger partial charge in [0.25, 0.3) is 0 Å². The molecular weight excluding hydrogens is 266 g/mol. The Morgan fingerprint density at radius 2 is 2.00 bits per heavy atom. The number of rotatable bonds is 11. The molecule has 0 radical (unpaired) electrons. The van der Waals surface area contributed by atoms with Crippen LogP contribution >= 0.6 is 0 Å². The van der Waals surface area contributed by atoms with Crippen LogP contribution in [0, 0.1) is 5.92 Å². The average molecular weight is 297 g/mol. The van der Waals surface area contributed by atoms with Crippen LogP contribution in [0.15, 0.2) is 0 Å². The highest BCUT2D eigenvalue weighted by molar-refractivity contribution is 5.75. The van der Waals surface area contributed by atoms with Gasteiger partial charge in [0.1, 0.15) is 0 Å². The van der Waals surface area contributed by atoms with Gasteiger partial charge in [0.05, 0.1) is 0 Å². The standard InChI is InChI=1S/C16H31N3O2/c1-15-7-6-11-19(13-15)12-8-16(21)18-10-5-3-2-4-9-17-14-20/h14-15H,2-13H2,1H3,(H,17,20)(H,18,21). The van der Waals surface area contributed by atoms with E-state index in [-0.39, 0.29) is 5.91 Å². The van der Waals surface area contributed by atoms with Crippen molar-refractivity contribution in [2.75, 3.05) is 32.7 Å². The molecule has 0 spiro atoms. The van der Waals surface area contributed by atoms with Crippen molar-refractivity contribution in [2.24, 2.45) is 5.92 Å². The van der Waals surface area contributed by atoms with Crippen molar-refractivity contribution in [2.45, 2.75) is 51.9 Å². The molecule has 1 saturated heterocycles. The monoisotopic (exact) mass is 297 g/mol. The summed E-state index contributed by atoms with van der Waals surface area (Å²) in [7, 11) is 0. The number of carbonyl (C=O) groups is 2. The highest BCUT2D eigenvalue weighted by Gasteiger charge is 2.16. The quantitative estimate of drug-likeness (QED) is 0.449. The third-order valence-electron chi connectivity index (χ3n) is 4.05. The lowest BCUT2D eigenvalue weighted by Gasteiger charge is -2.30. The Balaban J connectivity index is 1.90. The van der Waals surface area contributed by atoms with Crippen molar-refractivity contribution in [3.63, 3.8) is 0 Å². The Hall–Kier alpha value is -1.10. The van der Waals surface area contributed by atoms with Crippen LogP contribution in [0.1, 0.15) is 51.9 Å². The first kappa shape index (κ1) is 18.0. The predicted molar refractivity (Wildman–Crippen MR) is 85.0 cm³/mol. The molecule has 2 N–H and O–H groups in total. The van der Waals surface area contributed by atoms with Crippen molar-refractivity contribution < 1.29 is 9.59 Å². The maximum absolute atomic E-state index is 11.8. The summed E-state index contributed by atoms with van der Waals surface area (Å²) < 4.78 is 0. The van der Waals surface area contributed by atoms with Gasteiger partial charge in [0, 0.05) is 32.6 Å². The van der Waals surface area contributed by atoms with Crippen LogP contribution in [0.2, 0.25) is 0 Å². The molecule has 0 saturated carbocycles. The fourth-order valence-electron chi connectivity index (χ4n) is 2.83. The van der Waals surface area contributed by atoms with E-state index in [1.165, 1.54) is 12.8 Å². The summed E-state index contributed by atoms with van der Waals surface area (Å²) in [5.41, 5.74) is 0. The first-order valence-corrected chi connectivity index (χ1v) is 8.38. The number of likely N-dealkylation sites (tertiary alicyclic amines) is 1. The fraction of sp³-hybridized carbons (Fsp3) is 0.875. The van der Waals surface area contributed by atoms with Crippen molar-refractivity contribution in [3.05, 3.63) is 0 Å². The lowest BCUT2D eigenvalue weighted by atomic mass is 10.0. The highest BCUT2D eigenvalue weighted by atomic mass is 16.1. The Bertz CT molecular complexity index is 297. The molecule has 21 heavy (non-hydrogen) atoms. The normalized spacial score (nSPS) is 19.2. The van der Waals surface area contributed by atoms with E-state index in [4.69, 9.17) is 0 Å². The Morgan fingerprint density at radius 1 is 1.24 bits per heavy atom. The molecule has 1 heterocycles. The molecule has 0 aromatic rings. The third kappa shape index (κ3) is 9.45. The van der Waals surface area contributed by atoms with E-state index in [9.17, 15) is 9.59 Å². The van der Waals surface area contributed by atoms with Gasteiger partial charge in [-0.25, -0.2) is 0 Å².